The summed E-state index contributed by atoms with van der Waals surface area (Å²) in [5.41, 5.74) is 5.83. The van der Waals surface area contributed by atoms with Gasteiger partial charge in [0.05, 0.1) is 12.3 Å². The molecular formula is C21H30N4O5S2. The molecule has 0 aliphatic heterocycles. The van der Waals surface area contributed by atoms with Crippen molar-refractivity contribution in [1.29, 1.82) is 0 Å². The van der Waals surface area contributed by atoms with Gasteiger partial charge in [-0.25, -0.2) is 25.4 Å². The summed E-state index contributed by atoms with van der Waals surface area (Å²) < 4.78 is 10.1. The van der Waals surface area contributed by atoms with Crippen LogP contribution in [0.3, 0.4) is 0 Å². The zero-order valence-electron chi connectivity index (χ0n) is 19.0. The number of thiazole rings is 1. The maximum Gasteiger partial charge on any atom is 0.426 e. The second-order valence-electron chi connectivity index (χ2n) is 8.14. The van der Waals surface area contributed by atoms with Gasteiger partial charge in [-0.3, -0.25) is 4.79 Å². The number of hydrogen-bond acceptors (Lipinski definition) is 8. The number of ether oxygens (including phenoxy) is 2. The summed E-state index contributed by atoms with van der Waals surface area (Å²) >= 11 is 3.18. The number of carbonyl (C=O) groups excluding carboxylic acids is 3. The molecule has 2 aromatic rings. The molecular weight excluding hydrogens is 452 g/mol. The van der Waals surface area contributed by atoms with Gasteiger partial charge in [-0.1, -0.05) is 0 Å². The van der Waals surface area contributed by atoms with Crippen molar-refractivity contribution in [1.82, 2.24) is 15.8 Å². The van der Waals surface area contributed by atoms with Gasteiger partial charge in [0.15, 0.2) is 5.13 Å². The minimum absolute atomic E-state index is 0.120. The average Bonchev–Trinajstić information content (AvgIpc) is 3.26. The van der Waals surface area contributed by atoms with Gasteiger partial charge in [-0.05, 0) is 65.0 Å². The second-order valence-corrected chi connectivity index (χ2v) is 10.2. The summed E-state index contributed by atoms with van der Waals surface area (Å²) in [5, 5.41) is 5.29. The highest BCUT2D eigenvalue weighted by molar-refractivity contribution is 7.14. The Morgan fingerprint density at radius 3 is 2.50 bits per heavy atom. The molecule has 0 aromatic carbocycles. The summed E-state index contributed by atoms with van der Waals surface area (Å²) in [6.07, 6.45) is 1.67. The highest BCUT2D eigenvalue weighted by Crippen LogP contribution is 2.25. The van der Waals surface area contributed by atoms with Gasteiger partial charge in [-0.15, -0.1) is 22.7 Å². The summed E-state index contributed by atoms with van der Waals surface area (Å²) in [6, 6.07) is 2.18. The molecule has 0 aliphatic rings. The van der Waals surface area contributed by atoms with E-state index in [1.165, 1.54) is 33.6 Å². The number of anilines is 1. The van der Waals surface area contributed by atoms with Crippen LogP contribution < -0.4 is 16.2 Å². The topological polar surface area (TPSA) is 119 Å². The Labute approximate surface area is 195 Å². The third-order valence-electron chi connectivity index (χ3n) is 3.98. The monoisotopic (exact) mass is 482 g/mol. The fourth-order valence-corrected chi connectivity index (χ4v) is 4.70. The predicted octanol–water partition coefficient (Wildman–Crippen LogP) is 4.36. The van der Waals surface area contributed by atoms with E-state index in [9.17, 15) is 14.4 Å². The maximum absolute atomic E-state index is 11.6. The number of carbonyl (C=O) groups is 3. The van der Waals surface area contributed by atoms with Gasteiger partial charge in [0.25, 0.3) is 0 Å². The maximum atomic E-state index is 11.6. The van der Waals surface area contributed by atoms with E-state index < -0.39 is 17.8 Å². The Kier molecular flexibility index (Phi) is 9.45. The van der Waals surface area contributed by atoms with Crippen LogP contribution in [0, 0.1) is 6.92 Å². The Morgan fingerprint density at radius 1 is 1.09 bits per heavy atom. The number of thiophene rings is 1. The van der Waals surface area contributed by atoms with Crippen molar-refractivity contribution in [2.24, 2.45) is 0 Å². The molecule has 2 rings (SSSR count). The third kappa shape index (κ3) is 9.65. The number of amides is 3. The largest absolute Gasteiger partial charge is 0.448 e. The van der Waals surface area contributed by atoms with Crippen molar-refractivity contribution in [2.75, 3.05) is 11.9 Å². The molecule has 0 unspecified atom stereocenters. The molecule has 3 N–H and O–H groups in total. The number of aryl methyl sites for hydroxylation is 4. The molecule has 0 saturated carbocycles. The van der Waals surface area contributed by atoms with E-state index in [0.717, 1.165) is 25.0 Å². The van der Waals surface area contributed by atoms with Crippen LogP contribution in [-0.2, 0) is 33.5 Å². The average molecular weight is 483 g/mol. The first kappa shape index (κ1) is 25.6. The molecule has 0 saturated heterocycles. The second kappa shape index (κ2) is 11.8. The number of nitrogens with one attached hydrogen (secondary N) is 3. The van der Waals surface area contributed by atoms with Crippen molar-refractivity contribution >= 4 is 45.9 Å². The molecule has 0 radical (unpaired) electrons. The molecule has 0 atom stereocenters. The lowest BCUT2D eigenvalue weighted by Crippen LogP contribution is -2.44. The zero-order valence-corrected chi connectivity index (χ0v) is 20.6. The number of hydrazine groups is 1. The minimum atomic E-state index is -0.750. The summed E-state index contributed by atoms with van der Waals surface area (Å²) in [7, 11) is 0. The normalized spacial score (nSPS) is 11.0. The lowest BCUT2D eigenvalue weighted by Gasteiger charge is -2.19. The molecule has 3 amide bonds. The third-order valence-corrected chi connectivity index (χ3v) is 6.14. The first-order valence-corrected chi connectivity index (χ1v) is 11.9. The van der Waals surface area contributed by atoms with E-state index in [1.54, 1.807) is 32.1 Å². The molecule has 176 valence electrons. The van der Waals surface area contributed by atoms with E-state index >= 15 is 0 Å². The molecule has 2 heterocycles. The molecule has 9 nitrogen and oxygen atoms in total. The molecule has 0 fully saturated rings. The van der Waals surface area contributed by atoms with E-state index in [2.05, 4.69) is 34.1 Å². The Morgan fingerprint density at radius 2 is 1.81 bits per heavy atom. The van der Waals surface area contributed by atoms with Crippen molar-refractivity contribution in [3.05, 3.63) is 32.5 Å². The van der Waals surface area contributed by atoms with Gasteiger partial charge < -0.3 is 14.8 Å². The van der Waals surface area contributed by atoms with Crippen LogP contribution in [0.4, 0.5) is 14.7 Å². The van der Waals surface area contributed by atoms with E-state index in [4.69, 9.17) is 9.47 Å². The highest BCUT2D eigenvalue weighted by Gasteiger charge is 2.16. The number of aromatic nitrogens is 1. The van der Waals surface area contributed by atoms with Crippen LogP contribution in [0.25, 0.3) is 0 Å². The SMILES string of the molecule is CC(=O)Nc1nc(CCc2cc(C)c(CCCOC(=O)NNC(=O)OC(C)(C)C)s2)cs1. The van der Waals surface area contributed by atoms with Gasteiger partial charge in [0.2, 0.25) is 5.91 Å². The van der Waals surface area contributed by atoms with Crippen LogP contribution in [-0.4, -0.2) is 35.3 Å². The van der Waals surface area contributed by atoms with Crippen molar-refractivity contribution < 1.29 is 23.9 Å². The fourth-order valence-electron chi connectivity index (χ4n) is 2.68. The fraction of sp³-hybridized carbons (Fsp3) is 0.524. The van der Waals surface area contributed by atoms with Gasteiger partial charge in [-0.2, -0.15) is 0 Å². The highest BCUT2D eigenvalue weighted by atomic mass is 32.1. The van der Waals surface area contributed by atoms with Gasteiger partial charge in [0, 0.05) is 22.1 Å². The predicted molar refractivity (Wildman–Crippen MR) is 125 cm³/mol. The molecule has 11 heteroatoms. The Bertz CT molecular complexity index is 933. The van der Waals surface area contributed by atoms with Crippen LogP contribution >= 0.6 is 22.7 Å². The van der Waals surface area contributed by atoms with Crippen molar-refractivity contribution in [3.8, 4) is 0 Å². The minimum Gasteiger partial charge on any atom is -0.448 e. The molecule has 0 spiro atoms. The van der Waals surface area contributed by atoms with Crippen LogP contribution in [0.1, 0.15) is 55.1 Å². The van der Waals surface area contributed by atoms with E-state index in [1.807, 2.05) is 5.38 Å². The molecule has 0 bridgehead atoms. The summed E-state index contributed by atoms with van der Waals surface area (Å²) in [5.74, 6) is -0.120. The molecule has 2 aromatic heterocycles. The Hall–Kier alpha value is -2.66. The molecule has 0 aliphatic carbocycles. The first-order chi connectivity index (χ1) is 15.0. The van der Waals surface area contributed by atoms with Crippen LogP contribution in [0.5, 0.6) is 0 Å². The van der Waals surface area contributed by atoms with Crippen molar-refractivity contribution in [2.45, 2.75) is 65.9 Å². The lowest BCUT2D eigenvalue weighted by atomic mass is 10.1. The summed E-state index contributed by atoms with van der Waals surface area (Å²) in [6.45, 7) is 8.96. The zero-order chi connectivity index (χ0) is 23.7. The lowest BCUT2D eigenvalue weighted by molar-refractivity contribution is -0.114. The quantitative estimate of drug-likeness (QED) is 0.380. The number of hydrogen-bond donors (Lipinski definition) is 3. The molecule has 32 heavy (non-hydrogen) atoms. The van der Waals surface area contributed by atoms with Gasteiger partial charge in [0.1, 0.15) is 5.60 Å². The van der Waals surface area contributed by atoms with Gasteiger partial charge >= 0.3 is 12.2 Å². The smallest absolute Gasteiger partial charge is 0.426 e. The number of nitrogens with zero attached hydrogens (tertiary/aromatic N) is 1. The van der Waals surface area contributed by atoms with Crippen molar-refractivity contribution in [3.63, 3.8) is 0 Å². The summed E-state index contributed by atoms with van der Waals surface area (Å²) in [4.78, 5) is 41.2. The van der Waals surface area contributed by atoms with E-state index in [0.29, 0.717) is 11.6 Å². The first-order valence-electron chi connectivity index (χ1n) is 10.2. The number of rotatable bonds is 8. The van der Waals surface area contributed by atoms with Crippen LogP contribution in [0.2, 0.25) is 0 Å². The van der Waals surface area contributed by atoms with E-state index in [-0.39, 0.29) is 12.5 Å². The standard InChI is InChI=1S/C21H30N4O5S2/c1-13-11-16(9-8-15-12-31-18(23-15)22-14(2)26)32-17(13)7-6-10-29-19(27)24-25-20(28)30-21(3,4)5/h11-12H,6-10H2,1-5H3,(H,24,27)(H,25,28)(H,22,23,26). The van der Waals surface area contributed by atoms with Crippen LogP contribution in [0.15, 0.2) is 11.4 Å². The Balaban J connectivity index is 1.68.